The highest BCUT2D eigenvalue weighted by Crippen LogP contribution is 2.29. The van der Waals surface area contributed by atoms with Crippen LogP contribution in [0.15, 0.2) is 15.7 Å². The van der Waals surface area contributed by atoms with Crippen molar-refractivity contribution in [2.45, 2.75) is 10.8 Å². The highest BCUT2D eigenvalue weighted by Gasteiger charge is 2.07. The van der Waals surface area contributed by atoms with Crippen molar-refractivity contribution in [3.8, 4) is 0 Å². The molecule has 0 bridgehead atoms. The van der Waals surface area contributed by atoms with E-state index in [1.54, 1.807) is 0 Å². The molecule has 0 saturated heterocycles. The topological polar surface area (TPSA) is 12.0 Å². The molecule has 0 unspecified atom stereocenters. The van der Waals surface area contributed by atoms with Gasteiger partial charge in [-0.05, 0) is 17.0 Å². The Kier molecular flexibility index (Phi) is 1.97. The largest absolute Gasteiger partial charge is 0.312 e. The Labute approximate surface area is 68.8 Å². The Morgan fingerprint density at radius 2 is 2.50 bits per heavy atom. The maximum atomic E-state index is 3.38. The normalized spacial score (nSPS) is 18.0. The van der Waals surface area contributed by atoms with Gasteiger partial charge in [0.1, 0.15) is 0 Å². The van der Waals surface area contributed by atoms with E-state index in [0.29, 0.717) is 0 Å². The van der Waals surface area contributed by atoms with E-state index < -0.39 is 0 Å². The molecule has 0 radical (unpaired) electrons. The van der Waals surface area contributed by atoms with Gasteiger partial charge in [0.25, 0.3) is 0 Å². The number of nitrogens with one attached hydrogen (secondary N) is 1. The Bertz CT molecular complexity index is 199. The molecule has 2 heterocycles. The standard InChI is InChI=1S/C7H9NS2/c1-3-9-7-6(1)5-8-2-4-10-7/h1,3,8H,2,4-5H2. The van der Waals surface area contributed by atoms with E-state index in [4.69, 9.17) is 0 Å². The molecular formula is C7H9NS2. The average molecular weight is 171 g/mol. The second kappa shape index (κ2) is 2.95. The summed E-state index contributed by atoms with van der Waals surface area (Å²) in [7, 11) is 0. The molecule has 54 valence electrons. The van der Waals surface area contributed by atoms with Gasteiger partial charge in [0.15, 0.2) is 0 Å². The molecule has 0 atom stereocenters. The summed E-state index contributed by atoms with van der Waals surface area (Å²) in [6.07, 6.45) is 0. The van der Waals surface area contributed by atoms with E-state index in [-0.39, 0.29) is 0 Å². The van der Waals surface area contributed by atoms with E-state index in [1.165, 1.54) is 15.5 Å². The molecule has 0 spiro atoms. The van der Waals surface area contributed by atoms with Gasteiger partial charge < -0.3 is 5.32 Å². The molecule has 10 heavy (non-hydrogen) atoms. The van der Waals surface area contributed by atoms with E-state index in [0.717, 1.165) is 13.1 Å². The van der Waals surface area contributed by atoms with Crippen LogP contribution >= 0.6 is 23.1 Å². The fourth-order valence-corrected chi connectivity index (χ4v) is 3.11. The molecule has 0 saturated carbocycles. The lowest BCUT2D eigenvalue weighted by Gasteiger charge is -1.94. The smallest absolute Gasteiger partial charge is 0.0644 e. The van der Waals surface area contributed by atoms with Crippen molar-refractivity contribution in [3.63, 3.8) is 0 Å². The van der Waals surface area contributed by atoms with Crippen molar-refractivity contribution in [2.75, 3.05) is 12.3 Å². The quantitative estimate of drug-likeness (QED) is 0.640. The van der Waals surface area contributed by atoms with Crippen LogP contribution in [0.3, 0.4) is 0 Å². The highest BCUT2D eigenvalue weighted by molar-refractivity contribution is 8.01. The van der Waals surface area contributed by atoms with Gasteiger partial charge in [-0.1, -0.05) is 0 Å². The fourth-order valence-electron chi connectivity index (χ4n) is 1.02. The second-order valence-electron chi connectivity index (χ2n) is 2.26. The molecular weight excluding hydrogens is 162 g/mol. The zero-order valence-corrected chi connectivity index (χ0v) is 7.23. The molecule has 2 rings (SSSR count). The molecule has 1 aromatic heterocycles. The summed E-state index contributed by atoms with van der Waals surface area (Å²) < 4.78 is 1.50. The lowest BCUT2D eigenvalue weighted by atomic mass is 10.3. The third-order valence-electron chi connectivity index (χ3n) is 1.53. The number of hydrogen-bond donors (Lipinski definition) is 1. The summed E-state index contributed by atoms with van der Waals surface area (Å²) in [4.78, 5) is 0. The predicted molar refractivity (Wildman–Crippen MR) is 46.7 cm³/mol. The van der Waals surface area contributed by atoms with Gasteiger partial charge in [-0.3, -0.25) is 0 Å². The fraction of sp³-hybridized carbons (Fsp3) is 0.429. The van der Waals surface area contributed by atoms with E-state index in [2.05, 4.69) is 16.8 Å². The Balaban J connectivity index is 2.28. The summed E-state index contributed by atoms with van der Waals surface area (Å²) in [6, 6.07) is 2.21. The van der Waals surface area contributed by atoms with Gasteiger partial charge in [-0.25, -0.2) is 0 Å². The van der Waals surface area contributed by atoms with Crippen molar-refractivity contribution in [3.05, 3.63) is 17.0 Å². The molecule has 1 N–H and O–H groups in total. The Hall–Kier alpha value is 0.01000. The van der Waals surface area contributed by atoms with Crippen LogP contribution in [0.25, 0.3) is 0 Å². The molecule has 1 aromatic rings. The lowest BCUT2D eigenvalue weighted by molar-refractivity contribution is 0.735. The van der Waals surface area contributed by atoms with Crippen LogP contribution in [0.4, 0.5) is 0 Å². The van der Waals surface area contributed by atoms with Crippen LogP contribution in [0, 0.1) is 0 Å². The minimum atomic E-state index is 1.06. The van der Waals surface area contributed by atoms with E-state index in [1.807, 2.05) is 23.1 Å². The number of rotatable bonds is 0. The molecule has 3 heteroatoms. The number of hydrogen-bond acceptors (Lipinski definition) is 3. The third kappa shape index (κ3) is 1.21. The first-order valence-corrected chi connectivity index (χ1v) is 5.23. The van der Waals surface area contributed by atoms with Crippen LogP contribution in [0.1, 0.15) is 5.56 Å². The maximum Gasteiger partial charge on any atom is 0.0644 e. The van der Waals surface area contributed by atoms with Crippen LogP contribution in [-0.4, -0.2) is 12.3 Å². The first kappa shape index (κ1) is 6.70. The van der Waals surface area contributed by atoms with Gasteiger partial charge in [0.05, 0.1) is 4.21 Å². The predicted octanol–water partition coefficient (Wildman–Crippen LogP) is 1.94. The number of thiophene rings is 1. The minimum absolute atomic E-state index is 1.06. The van der Waals surface area contributed by atoms with Gasteiger partial charge in [-0.2, -0.15) is 0 Å². The summed E-state index contributed by atoms with van der Waals surface area (Å²) >= 11 is 3.83. The first-order chi connectivity index (χ1) is 4.97. The molecule has 0 aromatic carbocycles. The maximum absolute atomic E-state index is 3.38. The Morgan fingerprint density at radius 3 is 3.50 bits per heavy atom. The lowest BCUT2D eigenvalue weighted by Crippen LogP contribution is -2.13. The Morgan fingerprint density at radius 1 is 1.50 bits per heavy atom. The van der Waals surface area contributed by atoms with Crippen LogP contribution in [0.5, 0.6) is 0 Å². The molecule has 1 aliphatic rings. The summed E-state index contributed by atoms with van der Waals surface area (Å²) in [5, 5.41) is 5.55. The zero-order chi connectivity index (χ0) is 6.81. The van der Waals surface area contributed by atoms with Crippen molar-refractivity contribution in [1.29, 1.82) is 0 Å². The van der Waals surface area contributed by atoms with Crippen molar-refractivity contribution in [1.82, 2.24) is 5.32 Å². The van der Waals surface area contributed by atoms with Gasteiger partial charge in [0.2, 0.25) is 0 Å². The van der Waals surface area contributed by atoms with Crippen molar-refractivity contribution < 1.29 is 0 Å². The molecule has 1 aliphatic heterocycles. The minimum Gasteiger partial charge on any atom is -0.312 e. The number of thioether (sulfide) groups is 1. The first-order valence-electron chi connectivity index (χ1n) is 3.37. The second-order valence-corrected chi connectivity index (χ2v) is 4.54. The van der Waals surface area contributed by atoms with Gasteiger partial charge in [0, 0.05) is 18.8 Å². The van der Waals surface area contributed by atoms with Crippen molar-refractivity contribution >= 4 is 23.1 Å². The van der Waals surface area contributed by atoms with Crippen molar-refractivity contribution in [2.24, 2.45) is 0 Å². The van der Waals surface area contributed by atoms with Crippen LogP contribution < -0.4 is 5.32 Å². The molecule has 0 amide bonds. The van der Waals surface area contributed by atoms with Gasteiger partial charge in [-0.15, -0.1) is 23.1 Å². The van der Waals surface area contributed by atoms with Crippen LogP contribution in [-0.2, 0) is 6.54 Å². The number of fused-ring (bicyclic) bond motifs is 1. The monoisotopic (exact) mass is 171 g/mol. The van der Waals surface area contributed by atoms with Gasteiger partial charge >= 0.3 is 0 Å². The highest BCUT2D eigenvalue weighted by atomic mass is 32.2. The summed E-state index contributed by atoms with van der Waals surface area (Å²) in [5.74, 6) is 1.22. The van der Waals surface area contributed by atoms with E-state index >= 15 is 0 Å². The molecule has 1 nitrogen and oxygen atoms in total. The molecule has 0 aliphatic carbocycles. The SMILES string of the molecule is c1cc2c(s1)SCCNC2. The molecule has 0 fully saturated rings. The van der Waals surface area contributed by atoms with Crippen LogP contribution in [0.2, 0.25) is 0 Å². The van der Waals surface area contributed by atoms with E-state index in [9.17, 15) is 0 Å². The summed E-state index contributed by atoms with van der Waals surface area (Å²) in [5.41, 5.74) is 1.48. The summed E-state index contributed by atoms with van der Waals surface area (Å²) in [6.45, 7) is 2.21. The zero-order valence-electron chi connectivity index (χ0n) is 5.59. The average Bonchev–Trinajstić information content (AvgIpc) is 2.28. The third-order valence-corrected chi connectivity index (χ3v) is 3.86.